The van der Waals surface area contributed by atoms with Gasteiger partial charge in [0.25, 0.3) is 0 Å². The molecule has 0 aliphatic carbocycles. The molecule has 142 valence electrons. The van der Waals surface area contributed by atoms with Crippen LogP contribution in [0.3, 0.4) is 0 Å². The topological polar surface area (TPSA) is 117 Å². The highest BCUT2D eigenvalue weighted by molar-refractivity contribution is 5.80. The molecule has 1 fully saturated rings. The van der Waals surface area contributed by atoms with Crippen LogP contribution in [0.1, 0.15) is 11.7 Å². The summed E-state index contributed by atoms with van der Waals surface area (Å²) in [7, 11) is 0. The van der Waals surface area contributed by atoms with Crippen LogP contribution in [0.2, 0.25) is 0 Å². The third kappa shape index (κ3) is 2.86. The molecule has 4 aromatic rings. The lowest BCUT2D eigenvalue weighted by molar-refractivity contribution is -0.137. The Bertz CT molecular complexity index is 1180. The quantitative estimate of drug-likeness (QED) is 0.475. The van der Waals surface area contributed by atoms with Crippen LogP contribution >= 0.6 is 0 Å². The smallest absolute Gasteiger partial charge is 0.408 e. The van der Waals surface area contributed by atoms with Crippen LogP contribution in [0, 0.1) is 0 Å². The number of nitrogens with zero attached hydrogens (tertiary/aromatic N) is 8. The first-order valence-corrected chi connectivity index (χ1v) is 8.78. The number of hydrogen-bond acceptors (Lipinski definition) is 7. The molecule has 4 heterocycles. The highest BCUT2D eigenvalue weighted by atomic mass is 16.4. The Morgan fingerprint density at radius 2 is 1.96 bits per heavy atom. The van der Waals surface area contributed by atoms with Gasteiger partial charge in [0.2, 0.25) is 5.91 Å². The fraction of sp³-hybridized carbons (Fsp3) is 0.294. The molecule has 3 aromatic heterocycles. The number of carbonyl (C=O) groups is 1. The Balaban J connectivity index is 1.22. The number of hydrogen-bond donors (Lipinski definition) is 0. The minimum atomic E-state index is -0.528. The van der Waals surface area contributed by atoms with E-state index >= 15 is 0 Å². The molecule has 5 rings (SSSR count). The summed E-state index contributed by atoms with van der Waals surface area (Å²) < 4.78 is 8.28. The predicted octanol–water partition coefficient (Wildman–Crippen LogP) is -0.0907. The van der Waals surface area contributed by atoms with E-state index in [2.05, 4.69) is 20.5 Å². The minimum absolute atomic E-state index is 0.0455. The lowest BCUT2D eigenvalue weighted by Gasteiger charge is -2.38. The molecule has 28 heavy (non-hydrogen) atoms. The van der Waals surface area contributed by atoms with E-state index in [0.29, 0.717) is 30.7 Å². The van der Waals surface area contributed by atoms with Crippen LogP contribution in [0.25, 0.3) is 11.1 Å². The fourth-order valence-electron chi connectivity index (χ4n) is 3.26. The molecule has 1 aliphatic heterocycles. The van der Waals surface area contributed by atoms with Crippen molar-refractivity contribution in [1.29, 1.82) is 0 Å². The van der Waals surface area contributed by atoms with E-state index in [0.717, 1.165) is 5.69 Å². The van der Waals surface area contributed by atoms with Gasteiger partial charge < -0.3 is 9.32 Å². The molecule has 0 saturated carbocycles. The fourth-order valence-corrected chi connectivity index (χ4v) is 3.26. The van der Waals surface area contributed by atoms with Gasteiger partial charge >= 0.3 is 5.76 Å². The van der Waals surface area contributed by atoms with Crippen molar-refractivity contribution in [3.05, 3.63) is 59.1 Å². The van der Waals surface area contributed by atoms with Gasteiger partial charge in [-0.15, -0.1) is 5.10 Å². The Labute approximate surface area is 157 Å². The van der Waals surface area contributed by atoms with Gasteiger partial charge in [-0.25, -0.2) is 9.48 Å². The monoisotopic (exact) mass is 380 g/mol. The van der Waals surface area contributed by atoms with Crippen molar-refractivity contribution in [2.75, 3.05) is 13.1 Å². The van der Waals surface area contributed by atoms with E-state index in [1.807, 2.05) is 6.20 Å². The van der Waals surface area contributed by atoms with Gasteiger partial charge in [-0.2, -0.15) is 15.0 Å². The number of para-hydroxylation sites is 2. The number of carbonyl (C=O) groups excluding carboxylic acids is 1. The molecule has 0 bridgehead atoms. The SMILES string of the molecule is O=C(Cn1c(=O)oc2ccccc21)N1CC(n2cc(Cn3nccn3)nn2)C1. The zero-order valence-corrected chi connectivity index (χ0v) is 14.7. The number of rotatable bonds is 5. The normalized spacial score (nSPS) is 14.5. The first-order chi connectivity index (χ1) is 13.7. The average Bonchev–Trinajstić information content (AvgIpc) is 3.37. The van der Waals surface area contributed by atoms with Gasteiger partial charge in [0.15, 0.2) is 5.58 Å². The molecule has 0 radical (unpaired) electrons. The van der Waals surface area contributed by atoms with E-state index in [9.17, 15) is 9.59 Å². The third-order valence-electron chi connectivity index (χ3n) is 4.78. The zero-order valence-electron chi connectivity index (χ0n) is 14.7. The summed E-state index contributed by atoms with van der Waals surface area (Å²) >= 11 is 0. The van der Waals surface area contributed by atoms with Crippen molar-refractivity contribution in [3.63, 3.8) is 0 Å². The molecule has 1 aromatic carbocycles. The first-order valence-electron chi connectivity index (χ1n) is 8.78. The molecule has 0 unspecified atom stereocenters. The van der Waals surface area contributed by atoms with Gasteiger partial charge in [-0.1, -0.05) is 17.3 Å². The molecule has 1 aliphatic rings. The lowest BCUT2D eigenvalue weighted by Crippen LogP contribution is -2.52. The Kier molecular flexibility index (Phi) is 3.78. The van der Waals surface area contributed by atoms with E-state index < -0.39 is 5.76 Å². The lowest BCUT2D eigenvalue weighted by atomic mass is 10.1. The van der Waals surface area contributed by atoms with E-state index in [1.165, 1.54) is 9.36 Å². The number of aromatic nitrogens is 7. The average molecular weight is 380 g/mol. The number of likely N-dealkylation sites (tertiary alicyclic amines) is 1. The van der Waals surface area contributed by atoms with Crippen LogP contribution in [0.4, 0.5) is 0 Å². The summed E-state index contributed by atoms with van der Waals surface area (Å²) in [5, 5.41) is 16.3. The largest absolute Gasteiger partial charge is 0.420 e. The van der Waals surface area contributed by atoms with Crippen molar-refractivity contribution in [1.82, 2.24) is 39.5 Å². The van der Waals surface area contributed by atoms with Crippen molar-refractivity contribution >= 4 is 17.0 Å². The van der Waals surface area contributed by atoms with Gasteiger partial charge in [0.05, 0.1) is 30.1 Å². The molecule has 0 N–H and O–H groups in total. The Morgan fingerprint density at radius 1 is 1.18 bits per heavy atom. The summed E-state index contributed by atoms with van der Waals surface area (Å²) in [6, 6.07) is 7.12. The standard InChI is InChI=1S/C17H16N8O3/c26-16(11-23-14-3-1-2-4-15(14)28-17(23)27)22-9-13(10-22)24-7-12(20-21-24)8-25-18-5-6-19-25/h1-7,13H,8-11H2. The van der Waals surface area contributed by atoms with Crippen molar-refractivity contribution < 1.29 is 9.21 Å². The number of benzene rings is 1. The maximum atomic E-state index is 12.5. The summed E-state index contributed by atoms with van der Waals surface area (Å²) in [6.07, 6.45) is 5.05. The van der Waals surface area contributed by atoms with Crippen LogP contribution in [0.5, 0.6) is 0 Å². The van der Waals surface area contributed by atoms with Crippen LogP contribution < -0.4 is 5.76 Å². The van der Waals surface area contributed by atoms with Crippen LogP contribution in [-0.4, -0.2) is 58.5 Å². The highest BCUT2D eigenvalue weighted by Crippen LogP contribution is 2.21. The first kappa shape index (κ1) is 16.4. The van der Waals surface area contributed by atoms with Gasteiger partial charge in [0.1, 0.15) is 18.8 Å². The van der Waals surface area contributed by atoms with E-state index in [1.54, 1.807) is 46.2 Å². The van der Waals surface area contributed by atoms with Gasteiger partial charge in [0, 0.05) is 13.1 Å². The number of fused-ring (bicyclic) bond motifs is 1. The second-order valence-electron chi connectivity index (χ2n) is 6.62. The van der Waals surface area contributed by atoms with E-state index in [4.69, 9.17) is 4.42 Å². The summed E-state index contributed by atoms with van der Waals surface area (Å²) in [5.41, 5.74) is 1.84. The van der Waals surface area contributed by atoms with Crippen LogP contribution in [-0.2, 0) is 17.9 Å². The van der Waals surface area contributed by atoms with Crippen molar-refractivity contribution in [2.45, 2.75) is 19.1 Å². The summed E-state index contributed by atoms with van der Waals surface area (Å²) in [5.74, 6) is -0.661. The number of oxazole rings is 1. The number of amides is 1. The second-order valence-corrected chi connectivity index (χ2v) is 6.62. The second kappa shape index (κ2) is 6.44. The summed E-state index contributed by atoms with van der Waals surface area (Å²) in [4.78, 5) is 27.8. The Hall–Kier alpha value is -3.76. The van der Waals surface area contributed by atoms with Crippen molar-refractivity contribution in [2.24, 2.45) is 0 Å². The molecule has 11 heteroatoms. The zero-order chi connectivity index (χ0) is 19.1. The molecular weight excluding hydrogens is 364 g/mol. The van der Waals surface area contributed by atoms with Crippen LogP contribution in [0.15, 0.2) is 52.1 Å². The molecular formula is C17H16N8O3. The highest BCUT2D eigenvalue weighted by Gasteiger charge is 2.33. The van der Waals surface area contributed by atoms with Gasteiger partial charge in [-0.3, -0.25) is 9.36 Å². The Morgan fingerprint density at radius 3 is 2.79 bits per heavy atom. The third-order valence-corrected chi connectivity index (χ3v) is 4.78. The maximum absolute atomic E-state index is 12.5. The predicted molar refractivity (Wildman–Crippen MR) is 95.2 cm³/mol. The van der Waals surface area contributed by atoms with E-state index in [-0.39, 0.29) is 18.5 Å². The van der Waals surface area contributed by atoms with Crippen molar-refractivity contribution in [3.8, 4) is 0 Å². The van der Waals surface area contributed by atoms with Gasteiger partial charge in [-0.05, 0) is 12.1 Å². The summed E-state index contributed by atoms with van der Waals surface area (Å²) in [6.45, 7) is 1.44. The molecule has 1 saturated heterocycles. The minimum Gasteiger partial charge on any atom is -0.408 e. The maximum Gasteiger partial charge on any atom is 0.420 e. The molecule has 0 spiro atoms. The molecule has 0 atom stereocenters. The molecule has 11 nitrogen and oxygen atoms in total. The molecule has 1 amide bonds.